The molecule has 8 nitrogen and oxygen atoms in total. The number of hydrogen-bond donors (Lipinski definition) is 3. The number of amides is 1. The number of nitrogens with one attached hydrogen (secondary N) is 2. The van der Waals surface area contributed by atoms with Crippen LogP contribution in [0.4, 0.5) is 0 Å². The summed E-state index contributed by atoms with van der Waals surface area (Å²) < 4.78 is 5.39. The second kappa shape index (κ2) is 9.03. The zero-order valence-corrected chi connectivity index (χ0v) is 20.1. The summed E-state index contributed by atoms with van der Waals surface area (Å²) >= 11 is 0. The second-order valence-corrected chi connectivity index (χ2v) is 9.59. The summed E-state index contributed by atoms with van der Waals surface area (Å²) in [7, 11) is 3.68. The first-order chi connectivity index (χ1) is 16.8. The molecule has 2 aromatic heterocycles. The van der Waals surface area contributed by atoms with Gasteiger partial charge in [0.1, 0.15) is 11.6 Å². The molecule has 0 spiro atoms. The molecule has 35 heavy (non-hydrogen) atoms. The first-order valence-corrected chi connectivity index (χ1v) is 11.6. The van der Waals surface area contributed by atoms with Crippen LogP contribution < -0.4 is 10.1 Å². The number of aromatic hydroxyl groups is 1. The summed E-state index contributed by atoms with van der Waals surface area (Å²) in [5, 5.41) is 13.7. The van der Waals surface area contributed by atoms with E-state index in [1.807, 2.05) is 30.3 Å². The molecular weight excluding hydrogens is 442 g/mol. The van der Waals surface area contributed by atoms with E-state index in [2.05, 4.69) is 39.1 Å². The van der Waals surface area contributed by atoms with Crippen molar-refractivity contribution in [2.45, 2.75) is 13.3 Å². The normalized spacial score (nSPS) is 18.1. The van der Waals surface area contributed by atoms with Crippen LogP contribution in [0, 0.1) is 5.41 Å². The van der Waals surface area contributed by atoms with E-state index in [-0.39, 0.29) is 17.1 Å². The van der Waals surface area contributed by atoms with Crippen molar-refractivity contribution in [3.05, 3.63) is 60.3 Å². The van der Waals surface area contributed by atoms with E-state index in [0.717, 1.165) is 36.2 Å². The number of hydrogen-bond acceptors (Lipinski definition) is 6. The van der Waals surface area contributed by atoms with E-state index < -0.39 is 0 Å². The molecule has 3 heterocycles. The van der Waals surface area contributed by atoms with Gasteiger partial charge in [-0.15, -0.1) is 0 Å². The van der Waals surface area contributed by atoms with E-state index in [1.54, 1.807) is 31.5 Å². The fourth-order valence-corrected chi connectivity index (χ4v) is 4.75. The second-order valence-electron chi connectivity index (χ2n) is 9.59. The minimum Gasteiger partial charge on any atom is -0.507 e. The Balaban J connectivity index is 1.41. The number of aromatic amines is 1. The first-order valence-electron chi connectivity index (χ1n) is 11.6. The number of phenolic OH excluding ortho intramolecular Hbond substituents is 1. The topological polar surface area (TPSA) is 103 Å². The average molecular weight is 472 g/mol. The van der Waals surface area contributed by atoms with Gasteiger partial charge in [0.05, 0.1) is 23.7 Å². The largest absolute Gasteiger partial charge is 0.507 e. The molecule has 0 radical (unpaired) electrons. The van der Waals surface area contributed by atoms with Crippen LogP contribution in [0.25, 0.3) is 33.5 Å². The summed E-state index contributed by atoms with van der Waals surface area (Å²) in [5.41, 5.74) is 4.29. The molecule has 3 N–H and O–H groups in total. The maximum atomic E-state index is 12.8. The number of ether oxygens (including phenoxy) is 1. The zero-order chi connectivity index (χ0) is 24.6. The minimum absolute atomic E-state index is 0.0908. The van der Waals surface area contributed by atoms with E-state index in [0.29, 0.717) is 34.9 Å². The lowest BCUT2D eigenvalue weighted by Crippen LogP contribution is -2.37. The third-order valence-electron chi connectivity index (χ3n) is 6.70. The van der Waals surface area contributed by atoms with Crippen LogP contribution in [0.3, 0.4) is 0 Å². The summed E-state index contributed by atoms with van der Waals surface area (Å²) in [6.45, 7) is 4.87. The molecule has 8 heteroatoms. The van der Waals surface area contributed by atoms with Crippen molar-refractivity contribution >= 4 is 16.9 Å². The highest BCUT2D eigenvalue weighted by Crippen LogP contribution is 2.36. The van der Waals surface area contributed by atoms with Crippen LogP contribution in [-0.4, -0.2) is 64.7 Å². The molecule has 5 rings (SSSR count). The van der Waals surface area contributed by atoms with E-state index >= 15 is 0 Å². The molecule has 1 saturated heterocycles. The van der Waals surface area contributed by atoms with Crippen molar-refractivity contribution in [1.82, 2.24) is 25.2 Å². The van der Waals surface area contributed by atoms with Gasteiger partial charge < -0.3 is 25.0 Å². The number of fused-ring (bicyclic) bond motifs is 1. The standard InChI is InChI=1S/C27H29N5O3/c1-27(10-12-32(2)16-27)15-29-25(34)18-6-8-21-22(14-18)31-24(30-21)20-13-17(7-9-23(20)33)19-5-4-11-28-26(19)35-3/h4-9,11,13-14,33H,10,12,15-16H2,1-3H3,(H,29,34)(H,30,31). The van der Waals surface area contributed by atoms with Gasteiger partial charge in [0, 0.05) is 30.4 Å². The quantitative estimate of drug-likeness (QED) is 0.392. The van der Waals surface area contributed by atoms with Crippen LogP contribution >= 0.6 is 0 Å². The van der Waals surface area contributed by atoms with Crippen molar-refractivity contribution in [3.63, 3.8) is 0 Å². The summed E-state index contributed by atoms with van der Waals surface area (Å²) in [4.78, 5) is 27.3. The predicted octanol–water partition coefficient (Wildman–Crippen LogP) is 4.08. The number of benzene rings is 2. The van der Waals surface area contributed by atoms with Crippen LogP contribution in [-0.2, 0) is 0 Å². The zero-order valence-electron chi connectivity index (χ0n) is 20.1. The van der Waals surface area contributed by atoms with E-state index in [9.17, 15) is 9.90 Å². The molecule has 1 fully saturated rings. The molecule has 0 bridgehead atoms. The molecule has 1 aliphatic heterocycles. The Hall–Kier alpha value is -3.91. The Bertz CT molecular complexity index is 1400. The summed E-state index contributed by atoms with van der Waals surface area (Å²) in [6, 6.07) is 14.4. The lowest BCUT2D eigenvalue weighted by Gasteiger charge is -2.24. The highest BCUT2D eigenvalue weighted by atomic mass is 16.5. The average Bonchev–Trinajstić information content (AvgIpc) is 3.45. The SMILES string of the molecule is COc1ncccc1-c1ccc(O)c(-c2nc3cc(C(=O)NCC4(C)CCN(C)C4)ccc3[nH]2)c1. The smallest absolute Gasteiger partial charge is 0.251 e. The third kappa shape index (κ3) is 4.57. The fourth-order valence-electron chi connectivity index (χ4n) is 4.75. The van der Waals surface area contributed by atoms with Crippen molar-refractivity contribution in [3.8, 4) is 34.1 Å². The summed E-state index contributed by atoms with van der Waals surface area (Å²) in [6.07, 6.45) is 2.74. The van der Waals surface area contributed by atoms with Crippen molar-refractivity contribution in [1.29, 1.82) is 0 Å². The van der Waals surface area contributed by atoms with Gasteiger partial charge in [-0.25, -0.2) is 9.97 Å². The Kier molecular flexibility index (Phi) is 5.90. The van der Waals surface area contributed by atoms with E-state index in [1.165, 1.54) is 0 Å². The van der Waals surface area contributed by atoms with Gasteiger partial charge in [0.2, 0.25) is 5.88 Å². The molecular formula is C27H29N5O3. The first kappa shape index (κ1) is 22.9. The molecule has 180 valence electrons. The van der Waals surface area contributed by atoms with Crippen molar-refractivity contribution in [2.24, 2.45) is 5.41 Å². The number of likely N-dealkylation sites (tertiary alicyclic amines) is 1. The Morgan fingerprint density at radius 2 is 2.09 bits per heavy atom. The van der Waals surface area contributed by atoms with Gasteiger partial charge in [-0.3, -0.25) is 4.79 Å². The Morgan fingerprint density at radius 1 is 1.23 bits per heavy atom. The maximum absolute atomic E-state index is 12.8. The number of phenols is 1. The number of rotatable bonds is 6. The highest BCUT2D eigenvalue weighted by molar-refractivity contribution is 5.97. The number of pyridine rings is 1. The Labute approximate surface area is 204 Å². The van der Waals surface area contributed by atoms with Crippen LogP contribution in [0.5, 0.6) is 11.6 Å². The maximum Gasteiger partial charge on any atom is 0.251 e. The van der Waals surface area contributed by atoms with Crippen LogP contribution in [0.2, 0.25) is 0 Å². The minimum atomic E-state index is -0.110. The van der Waals surface area contributed by atoms with E-state index in [4.69, 9.17) is 4.74 Å². The number of nitrogens with zero attached hydrogens (tertiary/aromatic N) is 3. The van der Waals surface area contributed by atoms with Gasteiger partial charge in [-0.2, -0.15) is 0 Å². The van der Waals surface area contributed by atoms with Crippen LogP contribution in [0.1, 0.15) is 23.7 Å². The predicted molar refractivity (Wildman–Crippen MR) is 136 cm³/mol. The number of carbonyl (C=O) groups excluding carboxylic acids is 1. The monoisotopic (exact) mass is 471 g/mol. The van der Waals surface area contributed by atoms with Crippen molar-refractivity contribution in [2.75, 3.05) is 33.8 Å². The lowest BCUT2D eigenvalue weighted by atomic mass is 9.90. The Morgan fingerprint density at radius 3 is 2.86 bits per heavy atom. The van der Waals surface area contributed by atoms with Gasteiger partial charge >= 0.3 is 0 Å². The summed E-state index contributed by atoms with van der Waals surface area (Å²) in [5.74, 6) is 1.01. The molecule has 2 aromatic carbocycles. The molecule has 1 aliphatic rings. The van der Waals surface area contributed by atoms with Crippen LogP contribution in [0.15, 0.2) is 54.7 Å². The number of imidazole rings is 1. The van der Waals surface area contributed by atoms with Gasteiger partial charge in [-0.1, -0.05) is 13.0 Å². The number of methoxy groups -OCH3 is 1. The number of aromatic nitrogens is 3. The van der Waals surface area contributed by atoms with Gasteiger partial charge in [-0.05, 0) is 73.5 Å². The number of H-pyrrole nitrogens is 1. The highest BCUT2D eigenvalue weighted by Gasteiger charge is 2.32. The van der Waals surface area contributed by atoms with Gasteiger partial charge in [0.25, 0.3) is 5.91 Å². The molecule has 0 saturated carbocycles. The van der Waals surface area contributed by atoms with Crippen molar-refractivity contribution < 1.29 is 14.6 Å². The van der Waals surface area contributed by atoms with Gasteiger partial charge in [0.15, 0.2) is 0 Å². The molecule has 4 aromatic rings. The fraction of sp³-hybridized carbons (Fsp3) is 0.296. The number of carbonyl (C=O) groups is 1. The molecule has 0 aliphatic carbocycles. The third-order valence-corrected chi connectivity index (χ3v) is 6.70. The molecule has 1 unspecified atom stereocenters. The molecule has 1 amide bonds. The lowest BCUT2D eigenvalue weighted by molar-refractivity contribution is 0.0935. The molecule has 1 atom stereocenters.